The minimum Gasteiger partial charge on any atom is -0.408 e. The summed E-state index contributed by atoms with van der Waals surface area (Å²) in [4.78, 5) is 11.7. The zero-order valence-corrected chi connectivity index (χ0v) is 12.2. The van der Waals surface area contributed by atoms with Gasteiger partial charge in [0, 0.05) is 6.54 Å². The molecule has 1 unspecified atom stereocenters. The molecule has 0 radical (unpaired) electrons. The van der Waals surface area contributed by atoms with Crippen LogP contribution in [-0.4, -0.2) is 11.6 Å². The lowest BCUT2D eigenvalue weighted by molar-refractivity contribution is 0.512. The Morgan fingerprint density at radius 2 is 2.20 bits per heavy atom. The monoisotopic (exact) mass is 288 g/mol. The van der Waals surface area contributed by atoms with Crippen molar-refractivity contribution in [2.45, 2.75) is 19.5 Å². The summed E-state index contributed by atoms with van der Waals surface area (Å²) in [7, 11) is 1.93. The van der Waals surface area contributed by atoms with Gasteiger partial charge in [0.2, 0.25) is 0 Å². The van der Waals surface area contributed by atoms with Crippen LogP contribution in [0.3, 0.4) is 0 Å². The van der Waals surface area contributed by atoms with Gasteiger partial charge in [-0.15, -0.1) is 0 Å². The Morgan fingerprint density at radius 3 is 2.85 bits per heavy atom. The highest BCUT2D eigenvalue weighted by molar-refractivity contribution is 7.08. The fraction of sp³-hybridized carbons (Fsp3) is 0.267. The third-order valence-electron chi connectivity index (χ3n) is 3.51. The van der Waals surface area contributed by atoms with E-state index in [0.717, 1.165) is 11.1 Å². The summed E-state index contributed by atoms with van der Waals surface area (Å²) < 4.78 is 6.96. The van der Waals surface area contributed by atoms with Crippen LogP contribution in [0.15, 0.2) is 44.2 Å². The average Bonchev–Trinajstić information content (AvgIpc) is 3.06. The van der Waals surface area contributed by atoms with Gasteiger partial charge in [-0.2, -0.15) is 11.3 Å². The zero-order valence-electron chi connectivity index (χ0n) is 11.4. The van der Waals surface area contributed by atoms with Crippen LogP contribution in [0.1, 0.15) is 24.1 Å². The number of aromatic nitrogens is 1. The van der Waals surface area contributed by atoms with Crippen LogP contribution >= 0.6 is 11.3 Å². The van der Waals surface area contributed by atoms with Gasteiger partial charge in [0.1, 0.15) is 0 Å². The first-order valence-electron chi connectivity index (χ1n) is 6.57. The Bertz CT molecular complexity index is 771. The lowest BCUT2D eigenvalue weighted by Crippen LogP contribution is -2.16. The second-order valence-corrected chi connectivity index (χ2v) is 5.40. The maximum atomic E-state index is 11.7. The van der Waals surface area contributed by atoms with E-state index >= 15 is 0 Å². The molecule has 2 aromatic heterocycles. The van der Waals surface area contributed by atoms with E-state index in [1.165, 1.54) is 5.56 Å². The molecule has 20 heavy (non-hydrogen) atoms. The number of thiophene rings is 1. The van der Waals surface area contributed by atoms with Gasteiger partial charge in [0.05, 0.1) is 11.6 Å². The smallest absolute Gasteiger partial charge is 0.408 e. The first kappa shape index (κ1) is 13.1. The van der Waals surface area contributed by atoms with Gasteiger partial charge in [-0.05, 0) is 54.1 Å². The molecule has 0 aliphatic heterocycles. The molecule has 0 aliphatic rings. The Kier molecular flexibility index (Phi) is 3.46. The molecule has 1 aromatic carbocycles. The van der Waals surface area contributed by atoms with Crippen LogP contribution in [0.2, 0.25) is 0 Å². The van der Waals surface area contributed by atoms with Crippen LogP contribution in [0.25, 0.3) is 11.1 Å². The minimum absolute atomic E-state index is 0.112. The van der Waals surface area contributed by atoms with E-state index in [1.54, 1.807) is 15.9 Å². The number of rotatable bonds is 4. The molecule has 3 aromatic rings. The molecule has 0 saturated carbocycles. The highest BCUT2D eigenvalue weighted by Gasteiger charge is 2.15. The van der Waals surface area contributed by atoms with E-state index in [9.17, 15) is 4.79 Å². The summed E-state index contributed by atoms with van der Waals surface area (Å²) >= 11 is 1.67. The number of oxazole rings is 1. The van der Waals surface area contributed by atoms with Gasteiger partial charge in [0.25, 0.3) is 0 Å². The quantitative estimate of drug-likeness (QED) is 0.803. The zero-order chi connectivity index (χ0) is 14.1. The van der Waals surface area contributed by atoms with Crippen molar-refractivity contribution in [3.8, 4) is 0 Å². The maximum absolute atomic E-state index is 11.7. The molecule has 0 fully saturated rings. The van der Waals surface area contributed by atoms with Gasteiger partial charge in [-0.3, -0.25) is 4.57 Å². The van der Waals surface area contributed by atoms with Gasteiger partial charge >= 0.3 is 5.76 Å². The number of nitrogens with zero attached hydrogens (tertiary/aromatic N) is 1. The summed E-state index contributed by atoms with van der Waals surface area (Å²) in [6.07, 6.45) is 0. The second kappa shape index (κ2) is 5.26. The molecule has 4 nitrogen and oxygen atoms in total. The molecule has 1 atom stereocenters. The molecule has 5 heteroatoms. The Hall–Kier alpha value is -1.85. The largest absolute Gasteiger partial charge is 0.419 e. The number of nitrogens with one attached hydrogen (secondary N) is 1. The number of hydrogen-bond donors (Lipinski definition) is 1. The normalized spacial score (nSPS) is 12.9. The highest BCUT2D eigenvalue weighted by atomic mass is 32.1. The van der Waals surface area contributed by atoms with E-state index < -0.39 is 0 Å². The summed E-state index contributed by atoms with van der Waals surface area (Å²) in [5, 5.41) is 7.49. The van der Waals surface area contributed by atoms with Crippen molar-refractivity contribution in [2.75, 3.05) is 7.05 Å². The number of hydrogen-bond acceptors (Lipinski definition) is 4. The van der Waals surface area contributed by atoms with Gasteiger partial charge in [-0.1, -0.05) is 6.07 Å². The standard InChI is InChI=1S/C15H16N2O2S/c1-3-17-12-5-4-10(8-13(12)19-15(17)18)14(16-2)11-6-7-20-9-11/h4-9,14,16H,3H2,1-2H3. The van der Waals surface area contributed by atoms with Crippen LogP contribution in [0.4, 0.5) is 0 Å². The lowest BCUT2D eigenvalue weighted by atomic mass is 10.0. The number of aryl methyl sites for hydroxylation is 1. The van der Waals surface area contributed by atoms with E-state index in [4.69, 9.17) is 4.42 Å². The first-order chi connectivity index (χ1) is 9.74. The predicted octanol–water partition coefficient (Wildman–Crippen LogP) is 2.98. The first-order valence-corrected chi connectivity index (χ1v) is 7.51. The highest BCUT2D eigenvalue weighted by Crippen LogP contribution is 2.26. The maximum Gasteiger partial charge on any atom is 0.419 e. The van der Waals surface area contributed by atoms with Crippen LogP contribution in [0.5, 0.6) is 0 Å². The van der Waals surface area contributed by atoms with E-state index in [2.05, 4.69) is 22.1 Å². The van der Waals surface area contributed by atoms with Crippen LogP contribution in [-0.2, 0) is 6.54 Å². The molecule has 0 amide bonds. The summed E-state index contributed by atoms with van der Waals surface area (Å²) in [6, 6.07) is 8.16. The molecule has 2 heterocycles. The molecular weight excluding hydrogens is 272 g/mol. The van der Waals surface area contributed by atoms with Crippen molar-refractivity contribution in [3.63, 3.8) is 0 Å². The fourth-order valence-electron chi connectivity index (χ4n) is 2.53. The van der Waals surface area contributed by atoms with E-state index in [-0.39, 0.29) is 11.8 Å². The molecule has 0 saturated heterocycles. The summed E-state index contributed by atoms with van der Waals surface area (Å²) in [5.74, 6) is -0.295. The minimum atomic E-state index is -0.295. The van der Waals surface area contributed by atoms with Crippen LogP contribution in [0, 0.1) is 0 Å². The number of fused-ring (bicyclic) bond motifs is 1. The fourth-order valence-corrected chi connectivity index (χ4v) is 3.21. The topological polar surface area (TPSA) is 47.2 Å². The van der Waals surface area contributed by atoms with E-state index in [0.29, 0.717) is 12.1 Å². The molecule has 0 bridgehead atoms. The molecule has 3 rings (SSSR count). The molecule has 0 spiro atoms. The summed E-state index contributed by atoms with van der Waals surface area (Å²) in [6.45, 7) is 2.55. The third kappa shape index (κ3) is 2.09. The average molecular weight is 288 g/mol. The lowest BCUT2D eigenvalue weighted by Gasteiger charge is -2.15. The Labute approximate surface area is 120 Å². The van der Waals surface area contributed by atoms with Crippen molar-refractivity contribution in [3.05, 3.63) is 56.7 Å². The van der Waals surface area contributed by atoms with Crippen molar-refractivity contribution in [1.29, 1.82) is 0 Å². The summed E-state index contributed by atoms with van der Waals surface area (Å²) in [5.41, 5.74) is 3.80. The third-order valence-corrected chi connectivity index (χ3v) is 4.21. The molecule has 1 N–H and O–H groups in total. The van der Waals surface area contributed by atoms with Crippen molar-refractivity contribution < 1.29 is 4.42 Å². The van der Waals surface area contributed by atoms with Crippen molar-refractivity contribution in [1.82, 2.24) is 9.88 Å². The molecular formula is C15H16N2O2S. The number of benzene rings is 1. The molecule has 0 aliphatic carbocycles. The molecule has 104 valence electrons. The predicted molar refractivity (Wildman–Crippen MR) is 81.4 cm³/mol. The van der Waals surface area contributed by atoms with Crippen molar-refractivity contribution >= 4 is 22.4 Å². The van der Waals surface area contributed by atoms with Crippen molar-refractivity contribution in [2.24, 2.45) is 0 Å². The van der Waals surface area contributed by atoms with Gasteiger partial charge in [0.15, 0.2) is 5.58 Å². The van der Waals surface area contributed by atoms with Gasteiger partial charge in [-0.25, -0.2) is 4.79 Å². The SMILES string of the molecule is CCn1c(=O)oc2cc(C(NC)c3ccsc3)ccc21. The second-order valence-electron chi connectivity index (χ2n) is 4.62. The van der Waals surface area contributed by atoms with Crippen LogP contribution < -0.4 is 11.1 Å². The van der Waals surface area contributed by atoms with Gasteiger partial charge < -0.3 is 9.73 Å². The Balaban J connectivity index is 2.11. The Morgan fingerprint density at radius 1 is 1.35 bits per heavy atom. The van der Waals surface area contributed by atoms with E-state index in [1.807, 2.05) is 32.2 Å².